The molecule has 1 unspecified atom stereocenters. The molecule has 0 bridgehead atoms. The minimum atomic E-state index is 0.713. The van der Waals surface area contributed by atoms with Gasteiger partial charge in [-0.25, -0.2) is 0 Å². The second-order valence-electron chi connectivity index (χ2n) is 4.16. The van der Waals surface area contributed by atoms with Gasteiger partial charge in [-0.1, -0.05) is 0 Å². The van der Waals surface area contributed by atoms with E-state index in [0.717, 1.165) is 13.1 Å². The standard InChI is InChI=1S/C11H16Br2N2S/c1-14-6-8-3-2-4-15(8)7-9-5-10(12)11(13)16-9/h5,8,14H,2-4,6-7H2,1H3. The van der Waals surface area contributed by atoms with Crippen LogP contribution in [0.3, 0.4) is 0 Å². The number of hydrogen-bond donors (Lipinski definition) is 1. The lowest BCUT2D eigenvalue weighted by Crippen LogP contribution is -2.36. The first kappa shape index (κ1) is 13.0. The van der Waals surface area contributed by atoms with E-state index in [4.69, 9.17) is 0 Å². The molecule has 0 aliphatic carbocycles. The molecule has 1 atom stereocenters. The third-order valence-corrected chi connectivity index (χ3v) is 6.23. The average Bonchev–Trinajstić information content (AvgIpc) is 2.77. The third-order valence-electron chi connectivity index (χ3n) is 2.99. The molecular formula is C11H16Br2N2S. The highest BCUT2D eigenvalue weighted by Gasteiger charge is 2.24. The fourth-order valence-corrected chi connectivity index (χ4v) is 4.44. The molecule has 0 amide bonds. The topological polar surface area (TPSA) is 15.3 Å². The van der Waals surface area contributed by atoms with Gasteiger partial charge in [0.05, 0.1) is 3.79 Å². The maximum absolute atomic E-state index is 3.55. The van der Waals surface area contributed by atoms with Crippen LogP contribution in [0.1, 0.15) is 17.7 Å². The highest BCUT2D eigenvalue weighted by atomic mass is 79.9. The zero-order valence-electron chi connectivity index (χ0n) is 9.30. The van der Waals surface area contributed by atoms with Gasteiger partial charge < -0.3 is 5.32 Å². The van der Waals surface area contributed by atoms with E-state index in [9.17, 15) is 0 Å². The Morgan fingerprint density at radius 1 is 1.56 bits per heavy atom. The highest BCUT2D eigenvalue weighted by molar-refractivity contribution is 9.13. The Balaban J connectivity index is 1.98. The van der Waals surface area contributed by atoms with Crippen molar-refractivity contribution in [2.75, 3.05) is 20.1 Å². The largest absolute Gasteiger partial charge is 0.318 e. The van der Waals surface area contributed by atoms with Crippen LogP contribution >= 0.6 is 43.2 Å². The summed E-state index contributed by atoms with van der Waals surface area (Å²) in [6.07, 6.45) is 2.66. The fraction of sp³-hybridized carbons (Fsp3) is 0.636. The fourth-order valence-electron chi connectivity index (χ4n) is 2.24. The summed E-state index contributed by atoms with van der Waals surface area (Å²) in [5.41, 5.74) is 0. The Labute approximate surface area is 118 Å². The first-order chi connectivity index (χ1) is 7.70. The molecule has 5 heteroatoms. The molecule has 1 aliphatic rings. The quantitative estimate of drug-likeness (QED) is 0.876. The summed E-state index contributed by atoms with van der Waals surface area (Å²) in [6, 6.07) is 2.94. The molecule has 16 heavy (non-hydrogen) atoms. The lowest BCUT2D eigenvalue weighted by Gasteiger charge is -2.23. The van der Waals surface area contributed by atoms with E-state index in [2.05, 4.69) is 48.1 Å². The number of rotatable bonds is 4. The predicted octanol–water partition coefficient (Wildman–Crippen LogP) is 3.46. The Kier molecular flexibility index (Phi) is 4.85. The number of hydrogen-bond acceptors (Lipinski definition) is 3. The summed E-state index contributed by atoms with van der Waals surface area (Å²) in [4.78, 5) is 4.02. The van der Waals surface area contributed by atoms with Gasteiger partial charge in [-0.15, -0.1) is 11.3 Å². The van der Waals surface area contributed by atoms with Gasteiger partial charge in [-0.3, -0.25) is 4.90 Å². The van der Waals surface area contributed by atoms with Gasteiger partial charge in [0.15, 0.2) is 0 Å². The van der Waals surface area contributed by atoms with Crippen LogP contribution in [0.5, 0.6) is 0 Å². The second kappa shape index (κ2) is 5.96. The van der Waals surface area contributed by atoms with Gasteiger partial charge in [0.1, 0.15) is 0 Å². The predicted molar refractivity (Wildman–Crippen MR) is 77.1 cm³/mol. The van der Waals surface area contributed by atoms with Gasteiger partial charge in [-0.2, -0.15) is 0 Å². The molecule has 0 radical (unpaired) electrons. The van der Waals surface area contributed by atoms with Crippen molar-refractivity contribution in [3.8, 4) is 0 Å². The van der Waals surface area contributed by atoms with Crippen molar-refractivity contribution in [2.45, 2.75) is 25.4 Å². The molecule has 0 saturated carbocycles. The molecule has 2 heterocycles. The van der Waals surface area contributed by atoms with Crippen molar-refractivity contribution in [3.63, 3.8) is 0 Å². The lowest BCUT2D eigenvalue weighted by molar-refractivity contribution is 0.244. The van der Waals surface area contributed by atoms with E-state index in [1.54, 1.807) is 0 Å². The molecular weight excluding hydrogens is 352 g/mol. The van der Waals surface area contributed by atoms with E-state index >= 15 is 0 Å². The normalized spacial score (nSPS) is 21.8. The van der Waals surface area contributed by atoms with Crippen LogP contribution in [-0.2, 0) is 6.54 Å². The molecule has 1 N–H and O–H groups in total. The Morgan fingerprint density at radius 2 is 2.38 bits per heavy atom. The van der Waals surface area contributed by atoms with Crippen LogP contribution in [0.15, 0.2) is 14.3 Å². The molecule has 90 valence electrons. The lowest BCUT2D eigenvalue weighted by atomic mass is 10.2. The molecule has 1 aromatic heterocycles. The second-order valence-corrected chi connectivity index (χ2v) is 7.47. The van der Waals surface area contributed by atoms with Crippen molar-refractivity contribution >= 4 is 43.2 Å². The molecule has 0 aromatic carbocycles. The van der Waals surface area contributed by atoms with E-state index in [0.29, 0.717) is 6.04 Å². The van der Waals surface area contributed by atoms with Crippen LogP contribution in [0, 0.1) is 0 Å². The summed E-state index contributed by atoms with van der Waals surface area (Å²) >= 11 is 8.93. The van der Waals surface area contributed by atoms with Gasteiger partial charge >= 0.3 is 0 Å². The summed E-state index contributed by atoms with van der Waals surface area (Å²) in [5, 5.41) is 3.29. The van der Waals surface area contributed by atoms with Gasteiger partial charge in [0.25, 0.3) is 0 Å². The first-order valence-corrected chi connectivity index (χ1v) is 7.93. The zero-order chi connectivity index (χ0) is 11.5. The van der Waals surface area contributed by atoms with Gasteiger partial charge in [0.2, 0.25) is 0 Å². The number of thiophene rings is 1. The van der Waals surface area contributed by atoms with Crippen molar-refractivity contribution < 1.29 is 0 Å². The molecule has 2 rings (SSSR count). The summed E-state index contributed by atoms with van der Waals surface area (Å²) in [5.74, 6) is 0. The summed E-state index contributed by atoms with van der Waals surface area (Å²) < 4.78 is 2.38. The number of nitrogens with one attached hydrogen (secondary N) is 1. The van der Waals surface area contributed by atoms with Gasteiger partial charge in [0, 0.05) is 28.5 Å². The van der Waals surface area contributed by atoms with E-state index in [1.165, 1.54) is 32.5 Å². The molecule has 1 fully saturated rings. The Bertz CT molecular complexity index is 334. The van der Waals surface area contributed by atoms with Crippen LogP contribution in [0.4, 0.5) is 0 Å². The van der Waals surface area contributed by atoms with Crippen molar-refractivity contribution in [2.24, 2.45) is 0 Å². The summed E-state index contributed by atoms with van der Waals surface area (Å²) in [6.45, 7) is 3.43. The molecule has 0 spiro atoms. The van der Waals surface area contributed by atoms with E-state index in [1.807, 2.05) is 18.4 Å². The smallest absolute Gasteiger partial charge is 0.0843 e. The van der Waals surface area contributed by atoms with E-state index in [-0.39, 0.29) is 0 Å². The molecule has 1 aliphatic heterocycles. The number of likely N-dealkylation sites (tertiary alicyclic amines) is 1. The average molecular weight is 368 g/mol. The maximum atomic E-state index is 3.55. The zero-order valence-corrected chi connectivity index (χ0v) is 13.3. The SMILES string of the molecule is CNCC1CCCN1Cc1cc(Br)c(Br)s1. The van der Waals surface area contributed by atoms with E-state index < -0.39 is 0 Å². The van der Waals surface area contributed by atoms with Crippen LogP contribution < -0.4 is 5.32 Å². The van der Waals surface area contributed by atoms with Crippen LogP contribution in [0.25, 0.3) is 0 Å². The minimum absolute atomic E-state index is 0.713. The Morgan fingerprint density at radius 3 is 3.00 bits per heavy atom. The summed E-state index contributed by atoms with van der Waals surface area (Å²) in [7, 11) is 2.04. The molecule has 2 nitrogen and oxygen atoms in total. The van der Waals surface area contributed by atoms with Crippen molar-refractivity contribution in [1.29, 1.82) is 0 Å². The highest BCUT2D eigenvalue weighted by Crippen LogP contribution is 2.34. The molecule has 1 saturated heterocycles. The number of likely N-dealkylation sites (N-methyl/N-ethyl adjacent to an activating group) is 1. The maximum Gasteiger partial charge on any atom is 0.0843 e. The van der Waals surface area contributed by atoms with Crippen LogP contribution in [-0.4, -0.2) is 31.1 Å². The third kappa shape index (κ3) is 3.07. The number of halogens is 2. The Hall–Kier alpha value is 0.580. The first-order valence-electron chi connectivity index (χ1n) is 5.53. The van der Waals surface area contributed by atoms with Gasteiger partial charge in [-0.05, 0) is 64.4 Å². The molecule has 1 aromatic rings. The monoisotopic (exact) mass is 366 g/mol. The van der Waals surface area contributed by atoms with Crippen molar-refractivity contribution in [3.05, 3.63) is 19.2 Å². The van der Waals surface area contributed by atoms with Crippen LogP contribution in [0.2, 0.25) is 0 Å². The minimum Gasteiger partial charge on any atom is -0.318 e. The van der Waals surface area contributed by atoms with Crippen molar-refractivity contribution in [1.82, 2.24) is 10.2 Å². The number of nitrogens with zero attached hydrogens (tertiary/aromatic N) is 1.